The Labute approximate surface area is 113 Å². The van der Waals surface area contributed by atoms with Crippen molar-refractivity contribution in [1.29, 1.82) is 0 Å². The van der Waals surface area contributed by atoms with Crippen LogP contribution >= 0.6 is 0 Å². The van der Waals surface area contributed by atoms with E-state index in [0.29, 0.717) is 38.8 Å². The van der Waals surface area contributed by atoms with E-state index in [-0.39, 0.29) is 11.3 Å². The average molecular weight is 289 g/mol. The highest BCUT2D eigenvalue weighted by molar-refractivity contribution is 5.88. The number of halogens is 3. The second-order valence-corrected chi connectivity index (χ2v) is 4.49. The third-order valence-electron chi connectivity index (χ3n) is 3.11. The Kier molecular flexibility index (Phi) is 4.17. The Hall–Kier alpha value is -1.76. The van der Waals surface area contributed by atoms with Crippen molar-refractivity contribution < 1.29 is 27.8 Å². The number of hydrogen-bond donors (Lipinski definition) is 1. The van der Waals surface area contributed by atoms with Crippen molar-refractivity contribution >= 4 is 11.7 Å². The number of carbonyl (C=O) groups is 1. The minimum atomic E-state index is -4.59. The van der Waals surface area contributed by atoms with E-state index >= 15 is 0 Å². The van der Waals surface area contributed by atoms with Gasteiger partial charge in [0.1, 0.15) is 0 Å². The molecule has 1 N–H and O–H groups in total. The maximum absolute atomic E-state index is 13.1. The van der Waals surface area contributed by atoms with Crippen molar-refractivity contribution in [3.63, 3.8) is 0 Å². The highest BCUT2D eigenvalue weighted by Gasteiger charge is 2.35. The Morgan fingerprint density at radius 2 is 2.00 bits per heavy atom. The van der Waals surface area contributed by atoms with Gasteiger partial charge in [0.2, 0.25) is 0 Å². The number of carboxylic acids is 1. The molecule has 1 heterocycles. The zero-order chi connectivity index (χ0) is 14.8. The van der Waals surface area contributed by atoms with Gasteiger partial charge in [-0.05, 0) is 24.6 Å². The summed E-state index contributed by atoms with van der Waals surface area (Å²) in [6.07, 6.45) is -3.95. The molecule has 0 amide bonds. The number of aromatic carboxylic acids is 1. The van der Waals surface area contributed by atoms with E-state index in [1.165, 1.54) is 12.1 Å². The fourth-order valence-electron chi connectivity index (χ4n) is 2.16. The molecule has 1 aliphatic heterocycles. The quantitative estimate of drug-likeness (QED) is 0.909. The molecule has 0 aliphatic carbocycles. The van der Waals surface area contributed by atoms with E-state index in [9.17, 15) is 18.0 Å². The molecule has 2 rings (SSSR count). The van der Waals surface area contributed by atoms with Crippen molar-refractivity contribution in [2.24, 2.45) is 0 Å². The third kappa shape index (κ3) is 3.22. The number of ether oxygens (including phenoxy) is 1. The predicted molar refractivity (Wildman–Crippen MR) is 66.1 cm³/mol. The molecular weight excluding hydrogens is 275 g/mol. The van der Waals surface area contributed by atoms with Crippen molar-refractivity contribution in [3.05, 3.63) is 29.3 Å². The van der Waals surface area contributed by atoms with Crippen LogP contribution in [-0.4, -0.2) is 37.4 Å². The SMILES string of the molecule is O=C(O)c1ccc(N2CCCOCC2)c(C(F)(F)F)c1. The maximum atomic E-state index is 13.1. The largest absolute Gasteiger partial charge is 0.478 e. The molecule has 0 spiro atoms. The van der Waals surface area contributed by atoms with Gasteiger partial charge in [0.05, 0.1) is 17.7 Å². The van der Waals surface area contributed by atoms with Crippen LogP contribution in [0.3, 0.4) is 0 Å². The number of carboxylic acid groups (broad SMARTS) is 1. The minimum absolute atomic E-state index is 0.00741. The third-order valence-corrected chi connectivity index (χ3v) is 3.11. The molecular formula is C13H14F3NO3. The van der Waals surface area contributed by atoms with Crippen LogP contribution in [0.4, 0.5) is 18.9 Å². The van der Waals surface area contributed by atoms with Crippen molar-refractivity contribution in [2.75, 3.05) is 31.2 Å². The van der Waals surface area contributed by atoms with Gasteiger partial charge in [-0.1, -0.05) is 0 Å². The first-order chi connectivity index (χ1) is 9.39. The highest BCUT2D eigenvalue weighted by Crippen LogP contribution is 2.37. The van der Waals surface area contributed by atoms with Crippen LogP contribution in [0, 0.1) is 0 Å². The normalized spacial score (nSPS) is 16.9. The maximum Gasteiger partial charge on any atom is 0.418 e. The summed E-state index contributed by atoms with van der Waals surface area (Å²) in [5.41, 5.74) is -1.28. The first-order valence-electron chi connectivity index (χ1n) is 6.17. The first kappa shape index (κ1) is 14.6. The molecule has 1 aromatic rings. The molecule has 110 valence electrons. The van der Waals surface area contributed by atoms with E-state index in [1.54, 1.807) is 4.90 Å². The second kappa shape index (κ2) is 5.70. The molecule has 7 heteroatoms. The number of anilines is 1. The van der Waals surface area contributed by atoms with Crippen molar-refractivity contribution in [3.8, 4) is 0 Å². The van der Waals surface area contributed by atoms with Crippen LogP contribution in [0.25, 0.3) is 0 Å². The molecule has 1 saturated heterocycles. The van der Waals surface area contributed by atoms with Crippen molar-refractivity contribution in [1.82, 2.24) is 0 Å². The molecule has 0 saturated carbocycles. The summed E-state index contributed by atoms with van der Waals surface area (Å²) in [6.45, 7) is 1.69. The van der Waals surface area contributed by atoms with Gasteiger partial charge in [-0.3, -0.25) is 0 Å². The lowest BCUT2D eigenvalue weighted by Crippen LogP contribution is -2.28. The summed E-state index contributed by atoms with van der Waals surface area (Å²) in [5.74, 6) is -1.37. The molecule has 0 unspecified atom stereocenters. The van der Waals surface area contributed by atoms with Crippen LogP contribution in [0.15, 0.2) is 18.2 Å². The molecule has 1 aliphatic rings. The average Bonchev–Trinajstić information content (AvgIpc) is 2.65. The first-order valence-corrected chi connectivity index (χ1v) is 6.17. The Bertz CT molecular complexity index is 494. The monoisotopic (exact) mass is 289 g/mol. The number of hydrogen-bond acceptors (Lipinski definition) is 3. The van der Waals surface area contributed by atoms with Crippen LogP contribution in [0.2, 0.25) is 0 Å². The Morgan fingerprint density at radius 1 is 1.25 bits per heavy atom. The summed E-state index contributed by atoms with van der Waals surface area (Å²) >= 11 is 0. The molecule has 0 aromatic heterocycles. The summed E-state index contributed by atoms with van der Waals surface area (Å²) < 4.78 is 44.5. The minimum Gasteiger partial charge on any atom is -0.478 e. The number of rotatable bonds is 2. The second-order valence-electron chi connectivity index (χ2n) is 4.49. The fraction of sp³-hybridized carbons (Fsp3) is 0.462. The van der Waals surface area contributed by atoms with Gasteiger partial charge in [-0.2, -0.15) is 13.2 Å². The van der Waals surface area contributed by atoms with Crippen molar-refractivity contribution in [2.45, 2.75) is 12.6 Å². The van der Waals surface area contributed by atoms with Gasteiger partial charge in [-0.15, -0.1) is 0 Å². The summed E-state index contributed by atoms with van der Waals surface area (Å²) in [6, 6.07) is 3.10. The number of nitrogens with zero attached hydrogens (tertiary/aromatic N) is 1. The smallest absolute Gasteiger partial charge is 0.418 e. The molecule has 20 heavy (non-hydrogen) atoms. The van der Waals surface area contributed by atoms with Gasteiger partial charge in [0, 0.05) is 25.4 Å². The summed E-state index contributed by atoms with van der Waals surface area (Å²) in [7, 11) is 0. The van der Waals surface area contributed by atoms with Crippen LogP contribution in [-0.2, 0) is 10.9 Å². The molecule has 1 fully saturated rings. The van der Waals surface area contributed by atoms with Gasteiger partial charge >= 0.3 is 12.1 Å². The van der Waals surface area contributed by atoms with Gasteiger partial charge in [0.15, 0.2) is 0 Å². The van der Waals surface area contributed by atoms with Crippen LogP contribution < -0.4 is 4.90 Å². The van der Waals surface area contributed by atoms with E-state index in [1.807, 2.05) is 0 Å². The van der Waals surface area contributed by atoms with Gasteiger partial charge in [0.25, 0.3) is 0 Å². The lowest BCUT2D eigenvalue weighted by molar-refractivity contribution is -0.137. The molecule has 0 radical (unpaired) electrons. The standard InChI is InChI=1S/C13H14F3NO3/c14-13(15,16)10-8-9(12(18)19)2-3-11(10)17-4-1-6-20-7-5-17/h2-3,8H,1,4-7H2,(H,18,19). The molecule has 1 aromatic carbocycles. The van der Waals surface area contributed by atoms with Crippen LogP contribution in [0.1, 0.15) is 22.3 Å². The zero-order valence-electron chi connectivity index (χ0n) is 10.6. The predicted octanol–water partition coefficient (Wildman–Crippen LogP) is 2.63. The van der Waals surface area contributed by atoms with Gasteiger partial charge < -0.3 is 14.7 Å². The summed E-state index contributed by atoms with van der Waals surface area (Å²) in [4.78, 5) is 12.4. The number of benzene rings is 1. The van der Waals surface area contributed by atoms with Crippen LogP contribution in [0.5, 0.6) is 0 Å². The lowest BCUT2D eigenvalue weighted by atomic mass is 10.1. The number of alkyl halides is 3. The Balaban J connectivity index is 2.43. The van der Waals surface area contributed by atoms with Gasteiger partial charge in [-0.25, -0.2) is 4.79 Å². The summed E-state index contributed by atoms with van der Waals surface area (Å²) in [5, 5.41) is 8.82. The van der Waals surface area contributed by atoms with E-state index < -0.39 is 17.7 Å². The van der Waals surface area contributed by atoms with E-state index in [4.69, 9.17) is 9.84 Å². The highest BCUT2D eigenvalue weighted by atomic mass is 19.4. The Morgan fingerprint density at radius 3 is 2.65 bits per heavy atom. The molecule has 0 atom stereocenters. The molecule has 4 nitrogen and oxygen atoms in total. The fourth-order valence-corrected chi connectivity index (χ4v) is 2.16. The van der Waals surface area contributed by atoms with E-state index in [0.717, 1.165) is 0 Å². The van der Waals surface area contributed by atoms with E-state index in [2.05, 4.69) is 0 Å². The topological polar surface area (TPSA) is 49.8 Å². The lowest BCUT2D eigenvalue weighted by Gasteiger charge is -2.26. The zero-order valence-corrected chi connectivity index (χ0v) is 10.6. The molecule has 0 bridgehead atoms.